The highest BCUT2D eigenvalue weighted by Gasteiger charge is 2.24. The van der Waals surface area contributed by atoms with Gasteiger partial charge in [0.2, 0.25) is 0 Å². The van der Waals surface area contributed by atoms with E-state index in [2.05, 4.69) is 10.3 Å². The highest BCUT2D eigenvalue weighted by Crippen LogP contribution is 2.31. The van der Waals surface area contributed by atoms with Gasteiger partial charge in [-0.05, 0) is 18.8 Å². The van der Waals surface area contributed by atoms with E-state index >= 15 is 0 Å². The number of ether oxygens (including phenoxy) is 1. The number of hydrogen-bond acceptors (Lipinski definition) is 4. The highest BCUT2D eigenvalue weighted by atomic mass is 16.5. The number of methoxy groups -OCH3 is 1. The van der Waals surface area contributed by atoms with E-state index in [4.69, 9.17) is 4.74 Å². The zero-order valence-corrected chi connectivity index (χ0v) is 8.26. The molecule has 14 heavy (non-hydrogen) atoms. The van der Waals surface area contributed by atoms with E-state index in [0.29, 0.717) is 0 Å². The lowest BCUT2D eigenvalue weighted by molar-refractivity contribution is 0.0583. The van der Waals surface area contributed by atoms with E-state index in [1.807, 2.05) is 0 Å². The quantitative estimate of drug-likeness (QED) is 0.740. The van der Waals surface area contributed by atoms with E-state index in [1.165, 1.54) is 12.8 Å². The summed E-state index contributed by atoms with van der Waals surface area (Å²) in [6.45, 7) is 1.16. The smallest absolute Gasteiger partial charge is 0.120 e. The summed E-state index contributed by atoms with van der Waals surface area (Å²) in [5.74, 6) is 0.727. The molecule has 5 nitrogen and oxygen atoms in total. The van der Waals surface area contributed by atoms with Crippen LogP contribution in [0.5, 0.6) is 0 Å². The minimum Gasteiger partial charge on any atom is -0.384 e. The second-order valence-corrected chi connectivity index (χ2v) is 3.76. The number of hydrogen-bond donors (Lipinski definition) is 1. The topological polar surface area (TPSA) is 60.2 Å². The number of nitrogens with zero attached hydrogens (tertiary/aromatic N) is 3. The first-order chi connectivity index (χ1) is 6.81. The first-order valence-electron chi connectivity index (χ1n) is 4.86. The van der Waals surface area contributed by atoms with Gasteiger partial charge in [0.05, 0.1) is 18.5 Å². The molecule has 2 rings (SSSR count). The van der Waals surface area contributed by atoms with Gasteiger partial charge in [0, 0.05) is 13.7 Å². The molecule has 1 fully saturated rings. The third kappa shape index (κ3) is 2.10. The van der Waals surface area contributed by atoms with Crippen LogP contribution in [0.1, 0.15) is 24.6 Å². The van der Waals surface area contributed by atoms with Gasteiger partial charge < -0.3 is 9.84 Å². The predicted octanol–water partition coefficient (Wildman–Crippen LogP) is 0.368. The molecule has 1 atom stereocenters. The molecule has 1 aromatic rings. The van der Waals surface area contributed by atoms with Crippen LogP contribution in [0.3, 0.4) is 0 Å². The van der Waals surface area contributed by atoms with Crippen molar-refractivity contribution in [2.45, 2.75) is 25.5 Å². The van der Waals surface area contributed by atoms with Gasteiger partial charge >= 0.3 is 0 Å². The second-order valence-electron chi connectivity index (χ2n) is 3.76. The fourth-order valence-electron chi connectivity index (χ4n) is 1.45. The summed E-state index contributed by atoms with van der Waals surface area (Å²) in [5.41, 5.74) is 0.749. The van der Waals surface area contributed by atoms with Crippen LogP contribution in [-0.4, -0.2) is 33.8 Å². The normalized spacial score (nSPS) is 18.4. The van der Waals surface area contributed by atoms with Gasteiger partial charge in [0.15, 0.2) is 0 Å². The highest BCUT2D eigenvalue weighted by molar-refractivity contribution is 4.99. The van der Waals surface area contributed by atoms with E-state index in [-0.39, 0.29) is 6.61 Å². The van der Waals surface area contributed by atoms with Gasteiger partial charge in [-0.15, -0.1) is 5.10 Å². The molecule has 0 radical (unpaired) electrons. The summed E-state index contributed by atoms with van der Waals surface area (Å²) >= 11 is 0. The monoisotopic (exact) mass is 197 g/mol. The molecule has 0 unspecified atom stereocenters. The van der Waals surface area contributed by atoms with Crippen LogP contribution in [0.2, 0.25) is 0 Å². The van der Waals surface area contributed by atoms with Crippen molar-refractivity contribution in [1.29, 1.82) is 0 Å². The second kappa shape index (κ2) is 4.06. The molecular weight excluding hydrogens is 182 g/mol. The Hall–Kier alpha value is -0.940. The molecule has 0 amide bonds. The van der Waals surface area contributed by atoms with Gasteiger partial charge in [-0.3, -0.25) is 0 Å². The van der Waals surface area contributed by atoms with Crippen LogP contribution in [0.15, 0.2) is 6.20 Å². The molecule has 0 aliphatic heterocycles. The molecular formula is C9H15N3O2. The predicted molar refractivity (Wildman–Crippen MR) is 49.6 cm³/mol. The molecule has 1 saturated carbocycles. The summed E-state index contributed by atoms with van der Waals surface area (Å²) in [7, 11) is 1.57. The van der Waals surface area contributed by atoms with E-state index in [9.17, 15) is 5.11 Å². The Balaban J connectivity index is 2.03. The van der Waals surface area contributed by atoms with Crippen molar-refractivity contribution in [2.24, 2.45) is 5.92 Å². The lowest BCUT2D eigenvalue weighted by atomic mass is 10.3. The summed E-state index contributed by atoms with van der Waals surface area (Å²) in [4.78, 5) is 0. The van der Waals surface area contributed by atoms with Gasteiger partial charge in [-0.25, -0.2) is 4.68 Å². The van der Waals surface area contributed by atoms with Crippen molar-refractivity contribution in [3.63, 3.8) is 0 Å². The van der Waals surface area contributed by atoms with Crippen molar-refractivity contribution in [2.75, 3.05) is 13.7 Å². The van der Waals surface area contributed by atoms with Gasteiger partial charge in [0.1, 0.15) is 6.10 Å². The van der Waals surface area contributed by atoms with Crippen LogP contribution in [0.4, 0.5) is 0 Å². The van der Waals surface area contributed by atoms with Crippen molar-refractivity contribution in [3.05, 3.63) is 11.9 Å². The van der Waals surface area contributed by atoms with Gasteiger partial charge in [-0.2, -0.15) is 0 Å². The fraction of sp³-hybridized carbons (Fsp3) is 0.778. The molecule has 78 valence electrons. The molecule has 1 aromatic heterocycles. The molecule has 1 aliphatic rings. The van der Waals surface area contributed by atoms with Gasteiger partial charge in [-0.1, -0.05) is 5.21 Å². The minimum atomic E-state index is -0.617. The van der Waals surface area contributed by atoms with Crippen LogP contribution >= 0.6 is 0 Å². The Kier molecular flexibility index (Phi) is 2.79. The Labute approximate surface area is 82.7 Å². The molecule has 1 N–H and O–H groups in total. The maximum Gasteiger partial charge on any atom is 0.120 e. The SMILES string of the molecule is COC[C@@H](O)c1cnnn1CC1CC1. The maximum atomic E-state index is 9.70. The molecule has 0 spiro atoms. The molecule has 1 heterocycles. The van der Waals surface area contributed by atoms with Crippen LogP contribution in [-0.2, 0) is 11.3 Å². The minimum absolute atomic E-state index is 0.290. The van der Waals surface area contributed by atoms with Crippen molar-refractivity contribution in [3.8, 4) is 0 Å². The molecule has 5 heteroatoms. The number of aromatic nitrogens is 3. The molecule has 0 aromatic carbocycles. The third-order valence-corrected chi connectivity index (χ3v) is 2.44. The summed E-state index contributed by atoms with van der Waals surface area (Å²) in [6.07, 6.45) is 3.51. The Morgan fingerprint density at radius 2 is 2.50 bits per heavy atom. The standard InChI is InChI=1S/C9H15N3O2/c1-14-6-9(13)8-4-10-11-12(8)5-7-2-3-7/h4,7,9,13H,2-3,5-6H2,1H3/t9-/m1/s1. The zero-order valence-electron chi connectivity index (χ0n) is 8.26. The van der Waals surface area contributed by atoms with Crippen molar-refractivity contribution < 1.29 is 9.84 Å². The van der Waals surface area contributed by atoms with Crippen LogP contribution < -0.4 is 0 Å². The Morgan fingerprint density at radius 1 is 1.71 bits per heavy atom. The van der Waals surface area contributed by atoms with E-state index in [1.54, 1.807) is 18.0 Å². The molecule has 1 aliphatic carbocycles. The summed E-state index contributed by atoms with van der Waals surface area (Å²) in [6, 6.07) is 0. The Morgan fingerprint density at radius 3 is 3.14 bits per heavy atom. The maximum absolute atomic E-state index is 9.70. The lowest BCUT2D eigenvalue weighted by Crippen LogP contribution is -2.13. The number of aliphatic hydroxyl groups is 1. The van der Waals surface area contributed by atoms with Crippen LogP contribution in [0, 0.1) is 5.92 Å². The van der Waals surface area contributed by atoms with Gasteiger partial charge in [0.25, 0.3) is 0 Å². The Bertz CT molecular complexity index is 296. The van der Waals surface area contributed by atoms with E-state index < -0.39 is 6.10 Å². The number of rotatable bonds is 5. The zero-order chi connectivity index (χ0) is 9.97. The summed E-state index contributed by atoms with van der Waals surface area (Å²) < 4.78 is 6.66. The van der Waals surface area contributed by atoms with Crippen molar-refractivity contribution in [1.82, 2.24) is 15.0 Å². The number of aliphatic hydroxyl groups excluding tert-OH is 1. The van der Waals surface area contributed by atoms with E-state index in [0.717, 1.165) is 18.2 Å². The summed E-state index contributed by atoms with van der Waals surface area (Å²) in [5, 5.41) is 17.5. The first kappa shape index (κ1) is 9.61. The largest absolute Gasteiger partial charge is 0.384 e. The molecule has 0 saturated heterocycles. The lowest BCUT2D eigenvalue weighted by Gasteiger charge is -2.10. The fourth-order valence-corrected chi connectivity index (χ4v) is 1.45. The average Bonchev–Trinajstić information content (AvgIpc) is 2.82. The van der Waals surface area contributed by atoms with Crippen molar-refractivity contribution >= 4 is 0 Å². The third-order valence-electron chi connectivity index (χ3n) is 2.44. The molecule has 0 bridgehead atoms. The average molecular weight is 197 g/mol. The van der Waals surface area contributed by atoms with Crippen LogP contribution in [0.25, 0.3) is 0 Å². The first-order valence-corrected chi connectivity index (χ1v) is 4.86.